The molecule has 1 aliphatic rings. The summed E-state index contributed by atoms with van der Waals surface area (Å²) in [7, 11) is 0. The molecule has 1 aliphatic heterocycles. The number of H-pyrrole nitrogens is 1. The van der Waals surface area contributed by atoms with E-state index in [0.29, 0.717) is 23.8 Å². The zero-order valence-corrected chi connectivity index (χ0v) is 10.6. The van der Waals surface area contributed by atoms with Crippen LogP contribution in [0.15, 0.2) is 4.52 Å². The third-order valence-corrected chi connectivity index (χ3v) is 3.32. The predicted molar refractivity (Wildman–Crippen MR) is 65.6 cm³/mol. The van der Waals surface area contributed by atoms with Crippen LogP contribution < -0.4 is 5.32 Å². The summed E-state index contributed by atoms with van der Waals surface area (Å²) in [6.07, 6.45) is 0.732. The second kappa shape index (κ2) is 4.20. The van der Waals surface area contributed by atoms with Crippen LogP contribution in [0.3, 0.4) is 0 Å². The second-order valence-electron chi connectivity index (χ2n) is 4.62. The number of aromatic amines is 1. The van der Waals surface area contributed by atoms with E-state index in [4.69, 9.17) is 4.52 Å². The molecule has 3 N–H and O–H groups in total. The maximum Gasteiger partial charge on any atom is 0.327 e. The van der Waals surface area contributed by atoms with Crippen molar-refractivity contribution in [2.45, 2.75) is 26.3 Å². The number of rotatable bonds is 2. The van der Waals surface area contributed by atoms with Crippen LogP contribution in [0.4, 0.5) is 0 Å². The summed E-state index contributed by atoms with van der Waals surface area (Å²) in [6.45, 7) is 4.26. The van der Waals surface area contributed by atoms with Gasteiger partial charge in [-0.25, -0.2) is 4.98 Å². The average Bonchev–Trinajstić information content (AvgIpc) is 2.91. The Morgan fingerprint density at radius 2 is 2.26 bits per heavy atom. The molecule has 3 heterocycles. The largest absolute Gasteiger partial charge is 0.480 e. The van der Waals surface area contributed by atoms with Crippen molar-refractivity contribution in [3.8, 4) is 11.4 Å². The number of hydrogen-bond acceptors (Lipinski definition) is 5. The fraction of sp³-hybridized carbons (Fsp3) is 0.417. The van der Waals surface area contributed by atoms with Crippen molar-refractivity contribution < 1.29 is 14.4 Å². The Hall–Kier alpha value is -2.15. The fourth-order valence-corrected chi connectivity index (χ4v) is 2.43. The lowest BCUT2D eigenvalue weighted by molar-refractivity contribution is -0.139. The Balaban J connectivity index is 2.10. The topological polar surface area (TPSA) is 104 Å². The highest BCUT2D eigenvalue weighted by Crippen LogP contribution is 2.29. The summed E-state index contributed by atoms with van der Waals surface area (Å²) in [4.78, 5) is 18.8. The minimum Gasteiger partial charge on any atom is -0.480 e. The third-order valence-electron chi connectivity index (χ3n) is 3.32. The Morgan fingerprint density at radius 3 is 2.89 bits per heavy atom. The normalized spacial score (nSPS) is 18.3. The molecule has 0 amide bonds. The van der Waals surface area contributed by atoms with Crippen LogP contribution in [-0.4, -0.2) is 32.7 Å². The average molecular weight is 262 g/mol. The smallest absolute Gasteiger partial charge is 0.327 e. The van der Waals surface area contributed by atoms with Gasteiger partial charge in [-0.15, -0.1) is 0 Å². The molecule has 2 aromatic rings. The van der Waals surface area contributed by atoms with E-state index >= 15 is 0 Å². The number of hydrogen-bond donors (Lipinski definition) is 3. The number of imidazole rings is 1. The molecule has 0 unspecified atom stereocenters. The monoisotopic (exact) mass is 262 g/mol. The summed E-state index contributed by atoms with van der Waals surface area (Å²) in [5.74, 6) is 0.373. The van der Waals surface area contributed by atoms with E-state index in [-0.39, 0.29) is 0 Å². The molecule has 100 valence electrons. The summed E-state index contributed by atoms with van der Waals surface area (Å²) in [6, 6.07) is -0.755. The van der Waals surface area contributed by atoms with Gasteiger partial charge in [-0.1, -0.05) is 5.16 Å². The summed E-state index contributed by atoms with van der Waals surface area (Å²) < 4.78 is 5.11. The number of fused-ring (bicyclic) bond motifs is 1. The van der Waals surface area contributed by atoms with Crippen molar-refractivity contribution in [1.82, 2.24) is 20.4 Å². The number of carboxylic acids is 1. The molecule has 0 bridgehead atoms. The standard InChI is InChI=1S/C12H14N4O3/c1-5-8(6(2)19-16-5)11-14-7-3-4-13-10(12(17)18)9(7)15-11/h10,13H,3-4H2,1-2H3,(H,14,15)(H,17,18)/t10-/m0/s1. The first-order valence-electron chi connectivity index (χ1n) is 6.06. The Labute approximate surface area is 109 Å². The summed E-state index contributed by atoms with van der Waals surface area (Å²) in [5.41, 5.74) is 2.96. The van der Waals surface area contributed by atoms with E-state index in [1.807, 2.05) is 13.8 Å². The van der Waals surface area contributed by atoms with Crippen LogP contribution in [0.2, 0.25) is 0 Å². The van der Waals surface area contributed by atoms with Gasteiger partial charge in [0, 0.05) is 18.7 Å². The summed E-state index contributed by atoms with van der Waals surface area (Å²) >= 11 is 0. The minimum atomic E-state index is -0.919. The van der Waals surface area contributed by atoms with Gasteiger partial charge in [0.2, 0.25) is 0 Å². The number of carbonyl (C=O) groups is 1. The number of aliphatic carboxylic acids is 1. The highest BCUT2D eigenvalue weighted by Gasteiger charge is 2.30. The molecule has 0 saturated heterocycles. The van der Waals surface area contributed by atoms with Crippen LogP contribution in [0.5, 0.6) is 0 Å². The van der Waals surface area contributed by atoms with Gasteiger partial charge in [0.05, 0.1) is 17.0 Å². The molecular formula is C12H14N4O3. The van der Waals surface area contributed by atoms with Crippen LogP contribution >= 0.6 is 0 Å². The molecule has 7 heteroatoms. The van der Waals surface area contributed by atoms with Crippen LogP contribution in [0.1, 0.15) is 28.9 Å². The van der Waals surface area contributed by atoms with Gasteiger partial charge in [-0.05, 0) is 13.8 Å². The maximum atomic E-state index is 11.2. The van der Waals surface area contributed by atoms with Crippen molar-refractivity contribution in [3.63, 3.8) is 0 Å². The van der Waals surface area contributed by atoms with Crippen molar-refractivity contribution in [3.05, 3.63) is 22.8 Å². The van der Waals surface area contributed by atoms with Gasteiger partial charge in [0.1, 0.15) is 11.6 Å². The van der Waals surface area contributed by atoms with Gasteiger partial charge in [0.25, 0.3) is 0 Å². The quantitative estimate of drug-likeness (QED) is 0.744. The number of nitrogens with zero attached hydrogens (tertiary/aromatic N) is 2. The predicted octanol–water partition coefficient (Wildman–Crippen LogP) is 0.953. The molecule has 1 atom stereocenters. The van der Waals surface area contributed by atoms with E-state index in [1.165, 1.54) is 0 Å². The first-order chi connectivity index (χ1) is 9.08. The van der Waals surface area contributed by atoms with E-state index < -0.39 is 12.0 Å². The van der Waals surface area contributed by atoms with Crippen molar-refractivity contribution >= 4 is 5.97 Å². The highest BCUT2D eigenvalue weighted by molar-refractivity contribution is 5.76. The first kappa shape index (κ1) is 11.9. The van der Waals surface area contributed by atoms with Crippen LogP contribution in [0.25, 0.3) is 11.4 Å². The maximum absolute atomic E-state index is 11.2. The number of carboxylic acid groups (broad SMARTS) is 1. The minimum absolute atomic E-state index is 0.550. The molecule has 0 saturated carbocycles. The molecule has 2 aromatic heterocycles. The SMILES string of the molecule is Cc1noc(C)c1-c1nc2c([nH]1)CCN[C@@H]2C(=O)O. The second-order valence-corrected chi connectivity index (χ2v) is 4.62. The number of aromatic nitrogens is 3. The lowest BCUT2D eigenvalue weighted by atomic mass is 10.1. The molecular weight excluding hydrogens is 248 g/mol. The Morgan fingerprint density at radius 1 is 1.47 bits per heavy atom. The van der Waals surface area contributed by atoms with Gasteiger partial charge in [0.15, 0.2) is 6.04 Å². The van der Waals surface area contributed by atoms with Crippen molar-refractivity contribution in [1.29, 1.82) is 0 Å². The van der Waals surface area contributed by atoms with E-state index in [0.717, 1.165) is 23.4 Å². The van der Waals surface area contributed by atoms with Gasteiger partial charge < -0.3 is 14.6 Å². The van der Waals surface area contributed by atoms with E-state index in [2.05, 4.69) is 20.4 Å². The van der Waals surface area contributed by atoms with Gasteiger partial charge >= 0.3 is 5.97 Å². The number of aryl methyl sites for hydroxylation is 2. The molecule has 19 heavy (non-hydrogen) atoms. The third kappa shape index (κ3) is 1.82. The first-order valence-corrected chi connectivity index (χ1v) is 6.06. The van der Waals surface area contributed by atoms with Crippen LogP contribution in [0, 0.1) is 13.8 Å². The molecule has 3 rings (SSSR count). The zero-order chi connectivity index (χ0) is 13.6. The number of nitrogens with one attached hydrogen (secondary N) is 2. The van der Waals surface area contributed by atoms with E-state index in [1.54, 1.807) is 0 Å². The molecule has 0 spiro atoms. The Kier molecular flexibility index (Phi) is 2.63. The Bertz CT molecular complexity index is 624. The van der Waals surface area contributed by atoms with Crippen molar-refractivity contribution in [2.75, 3.05) is 6.54 Å². The zero-order valence-electron chi connectivity index (χ0n) is 10.6. The molecule has 0 radical (unpaired) electrons. The fourth-order valence-electron chi connectivity index (χ4n) is 2.43. The highest BCUT2D eigenvalue weighted by atomic mass is 16.5. The van der Waals surface area contributed by atoms with Gasteiger partial charge in [-0.2, -0.15) is 0 Å². The van der Waals surface area contributed by atoms with E-state index in [9.17, 15) is 9.90 Å². The summed E-state index contributed by atoms with van der Waals surface area (Å²) in [5, 5.41) is 16.0. The molecule has 0 aromatic carbocycles. The van der Waals surface area contributed by atoms with Crippen molar-refractivity contribution in [2.24, 2.45) is 0 Å². The lowest BCUT2D eigenvalue weighted by Gasteiger charge is -2.18. The van der Waals surface area contributed by atoms with Gasteiger partial charge in [-0.3, -0.25) is 10.1 Å². The molecule has 7 nitrogen and oxygen atoms in total. The van der Waals surface area contributed by atoms with Crippen LogP contribution in [-0.2, 0) is 11.2 Å². The molecule has 0 aliphatic carbocycles. The lowest BCUT2D eigenvalue weighted by Crippen LogP contribution is -2.35. The molecule has 0 fully saturated rings.